The number of sulfonamides is 1. The molecule has 0 saturated heterocycles. The van der Waals surface area contributed by atoms with Gasteiger partial charge in [-0.15, -0.1) is 0 Å². The Bertz CT molecular complexity index is 1180. The van der Waals surface area contributed by atoms with Crippen LogP contribution in [0.5, 0.6) is 0 Å². The van der Waals surface area contributed by atoms with Crippen LogP contribution in [-0.4, -0.2) is 55.6 Å². The van der Waals surface area contributed by atoms with Crippen LogP contribution >= 0.6 is 11.6 Å². The standard InChI is InChI=1S/C24H32ClN5O6S/c1-16(2)36-23(32)15-37(34,35)30-21(9-8-20-5-3-4-10-27-20)24(33)29-14-22(31)28-13-18-11-19(25)7-6-17(18)12-26/h3-7,10-11,16,21,30H,8-9,12-15,26H2,1-2H3,(H,28,31)(H,29,33). The van der Waals surface area contributed by atoms with Gasteiger partial charge in [0, 0.05) is 30.0 Å². The monoisotopic (exact) mass is 553 g/mol. The second-order valence-electron chi connectivity index (χ2n) is 8.44. The third kappa shape index (κ3) is 11.3. The largest absolute Gasteiger partial charge is 0.462 e. The van der Waals surface area contributed by atoms with E-state index in [2.05, 4.69) is 20.3 Å². The minimum Gasteiger partial charge on any atom is -0.462 e. The Hall–Kier alpha value is -3.06. The van der Waals surface area contributed by atoms with Gasteiger partial charge in [0.15, 0.2) is 5.75 Å². The number of carbonyl (C=O) groups excluding carboxylic acids is 3. The Morgan fingerprint density at radius 3 is 2.51 bits per heavy atom. The minimum atomic E-state index is -4.20. The molecule has 0 saturated carbocycles. The summed E-state index contributed by atoms with van der Waals surface area (Å²) in [6.07, 6.45) is 1.42. The average Bonchev–Trinajstić information content (AvgIpc) is 2.83. The molecular weight excluding hydrogens is 522 g/mol. The molecule has 202 valence electrons. The normalized spacial score (nSPS) is 12.1. The van der Waals surface area contributed by atoms with E-state index >= 15 is 0 Å². The first-order valence-corrected chi connectivity index (χ1v) is 13.6. The molecule has 2 amide bonds. The summed E-state index contributed by atoms with van der Waals surface area (Å²) >= 11 is 6.01. The number of nitrogens with one attached hydrogen (secondary N) is 3. The maximum absolute atomic E-state index is 12.8. The first-order chi connectivity index (χ1) is 17.5. The molecule has 1 aromatic carbocycles. The predicted molar refractivity (Wildman–Crippen MR) is 139 cm³/mol. The van der Waals surface area contributed by atoms with E-state index in [1.165, 1.54) is 0 Å². The lowest BCUT2D eigenvalue weighted by molar-refractivity contribution is -0.144. The van der Waals surface area contributed by atoms with E-state index in [9.17, 15) is 22.8 Å². The van der Waals surface area contributed by atoms with E-state index in [1.807, 2.05) is 0 Å². The summed E-state index contributed by atoms with van der Waals surface area (Å²) in [6.45, 7) is 3.20. The molecule has 37 heavy (non-hydrogen) atoms. The van der Waals surface area contributed by atoms with Gasteiger partial charge in [0.2, 0.25) is 21.8 Å². The summed E-state index contributed by atoms with van der Waals surface area (Å²) < 4.78 is 32.2. The quantitative estimate of drug-likeness (QED) is 0.249. The van der Waals surface area contributed by atoms with Crippen LogP contribution in [0, 0.1) is 0 Å². The van der Waals surface area contributed by atoms with Crippen molar-refractivity contribution in [1.82, 2.24) is 20.3 Å². The fraction of sp³-hybridized carbons (Fsp3) is 0.417. The topological polar surface area (TPSA) is 170 Å². The van der Waals surface area contributed by atoms with Crippen LogP contribution in [0.3, 0.4) is 0 Å². The van der Waals surface area contributed by atoms with E-state index in [0.717, 1.165) is 11.1 Å². The molecule has 13 heteroatoms. The minimum absolute atomic E-state index is 0.0469. The third-order valence-electron chi connectivity index (χ3n) is 5.02. The average molecular weight is 554 g/mol. The first-order valence-electron chi connectivity index (χ1n) is 11.6. The number of aromatic nitrogens is 1. The molecule has 0 aliphatic rings. The van der Waals surface area contributed by atoms with Gasteiger partial charge in [-0.1, -0.05) is 23.7 Å². The number of aryl methyl sites for hydroxylation is 1. The molecule has 11 nitrogen and oxygen atoms in total. The number of nitrogens with two attached hydrogens (primary N) is 1. The molecule has 0 radical (unpaired) electrons. The molecule has 0 bridgehead atoms. The van der Waals surface area contributed by atoms with Crippen molar-refractivity contribution in [1.29, 1.82) is 0 Å². The van der Waals surface area contributed by atoms with Gasteiger partial charge in [-0.25, -0.2) is 13.1 Å². The molecule has 2 rings (SSSR count). The number of halogens is 1. The fourth-order valence-electron chi connectivity index (χ4n) is 3.30. The number of nitrogens with zero attached hydrogens (tertiary/aromatic N) is 1. The number of pyridine rings is 1. The van der Waals surface area contributed by atoms with Crippen molar-refractivity contribution in [2.24, 2.45) is 5.73 Å². The molecule has 1 aromatic heterocycles. The van der Waals surface area contributed by atoms with Crippen molar-refractivity contribution in [3.63, 3.8) is 0 Å². The van der Waals surface area contributed by atoms with E-state index in [0.29, 0.717) is 10.7 Å². The van der Waals surface area contributed by atoms with E-state index in [-0.39, 0.29) is 25.9 Å². The van der Waals surface area contributed by atoms with Gasteiger partial charge in [0.25, 0.3) is 0 Å². The number of ether oxygens (including phenoxy) is 1. The van der Waals surface area contributed by atoms with Crippen LogP contribution in [0.1, 0.15) is 37.1 Å². The highest BCUT2D eigenvalue weighted by atomic mass is 35.5. The van der Waals surface area contributed by atoms with Gasteiger partial charge in [0.1, 0.15) is 6.04 Å². The predicted octanol–water partition coefficient (Wildman–Crippen LogP) is 0.799. The van der Waals surface area contributed by atoms with Crippen LogP contribution in [0.2, 0.25) is 5.02 Å². The van der Waals surface area contributed by atoms with Gasteiger partial charge in [0.05, 0.1) is 12.6 Å². The van der Waals surface area contributed by atoms with Crippen LogP contribution in [-0.2, 0) is 48.7 Å². The second-order valence-corrected chi connectivity index (χ2v) is 10.6. The zero-order valence-corrected chi connectivity index (χ0v) is 22.3. The first kappa shape index (κ1) is 30.2. The number of amides is 2. The SMILES string of the molecule is CC(C)OC(=O)CS(=O)(=O)NC(CCc1ccccn1)C(=O)NCC(=O)NCc1cc(Cl)ccc1CN. The number of carbonyl (C=O) groups is 3. The van der Waals surface area contributed by atoms with Gasteiger partial charge in [-0.2, -0.15) is 0 Å². The Morgan fingerprint density at radius 1 is 1.11 bits per heavy atom. The zero-order valence-electron chi connectivity index (χ0n) is 20.7. The summed E-state index contributed by atoms with van der Waals surface area (Å²) in [6, 6.07) is 9.14. The summed E-state index contributed by atoms with van der Waals surface area (Å²) in [7, 11) is -4.20. The molecule has 5 N–H and O–H groups in total. The molecule has 0 aliphatic heterocycles. The Balaban J connectivity index is 2.00. The van der Waals surface area contributed by atoms with E-state index in [1.54, 1.807) is 56.4 Å². The highest BCUT2D eigenvalue weighted by Gasteiger charge is 2.27. The lowest BCUT2D eigenvalue weighted by atomic mass is 10.1. The number of esters is 1. The molecular formula is C24H32ClN5O6S. The van der Waals surface area contributed by atoms with Crippen molar-refractivity contribution >= 4 is 39.4 Å². The highest BCUT2D eigenvalue weighted by Crippen LogP contribution is 2.15. The van der Waals surface area contributed by atoms with Crippen LogP contribution < -0.4 is 21.1 Å². The van der Waals surface area contributed by atoms with Crippen LogP contribution in [0.4, 0.5) is 0 Å². The summed E-state index contributed by atoms with van der Waals surface area (Å²) in [5, 5.41) is 5.60. The number of benzene rings is 1. The Kier molecular flexibility index (Phi) is 11.9. The van der Waals surface area contributed by atoms with Crippen LogP contribution in [0.15, 0.2) is 42.6 Å². The highest BCUT2D eigenvalue weighted by molar-refractivity contribution is 7.90. The maximum atomic E-state index is 12.8. The number of hydrogen-bond acceptors (Lipinski definition) is 8. The summed E-state index contributed by atoms with van der Waals surface area (Å²) in [5.41, 5.74) is 7.91. The smallest absolute Gasteiger partial charge is 0.322 e. The lowest BCUT2D eigenvalue weighted by Gasteiger charge is -2.18. The maximum Gasteiger partial charge on any atom is 0.322 e. The van der Waals surface area contributed by atoms with Crippen molar-refractivity contribution in [3.8, 4) is 0 Å². The fourth-order valence-corrected chi connectivity index (χ4v) is 4.61. The van der Waals surface area contributed by atoms with Gasteiger partial charge in [-0.3, -0.25) is 19.4 Å². The number of rotatable bonds is 14. The second kappa shape index (κ2) is 14.6. The van der Waals surface area contributed by atoms with E-state index in [4.69, 9.17) is 22.1 Å². The summed E-state index contributed by atoms with van der Waals surface area (Å²) in [5.74, 6) is -3.11. The van der Waals surface area contributed by atoms with Crippen molar-refractivity contribution in [2.45, 2.75) is 51.9 Å². The third-order valence-corrected chi connectivity index (χ3v) is 6.51. The molecule has 0 aliphatic carbocycles. The lowest BCUT2D eigenvalue weighted by Crippen LogP contribution is -2.50. The van der Waals surface area contributed by atoms with Gasteiger partial charge in [-0.05, 0) is 62.1 Å². The van der Waals surface area contributed by atoms with Gasteiger partial charge >= 0.3 is 5.97 Å². The van der Waals surface area contributed by atoms with Crippen molar-refractivity contribution in [2.75, 3.05) is 12.3 Å². The van der Waals surface area contributed by atoms with Crippen molar-refractivity contribution < 1.29 is 27.5 Å². The molecule has 0 spiro atoms. The molecule has 1 heterocycles. The molecule has 2 aromatic rings. The molecule has 1 unspecified atom stereocenters. The van der Waals surface area contributed by atoms with Gasteiger partial charge < -0.3 is 21.1 Å². The number of hydrogen-bond donors (Lipinski definition) is 4. The summed E-state index contributed by atoms with van der Waals surface area (Å²) in [4.78, 5) is 41.2. The molecule has 1 atom stereocenters. The Morgan fingerprint density at radius 2 is 1.86 bits per heavy atom. The van der Waals surface area contributed by atoms with Crippen molar-refractivity contribution in [3.05, 3.63) is 64.4 Å². The molecule has 0 fully saturated rings. The van der Waals surface area contributed by atoms with Crippen LogP contribution in [0.25, 0.3) is 0 Å². The zero-order chi connectivity index (χ0) is 27.4. The van der Waals surface area contributed by atoms with E-state index < -0.39 is 52.3 Å². The Labute approximate surface area is 221 Å².